The first kappa shape index (κ1) is 18.7. The van der Waals surface area contributed by atoms with Gasteiger partial charge in [0.15, 0.2) is 0 Å². The summed E-state index contributed by atoms with van der Waals surface area (Å²) in [4.78, 5) is 24.8. The van der Waals surface area contributed by atoms with Crippen LogP contribution in [-0.2, 0) is 9.53 Å². The van der Waals surface area contributed by atoms with Gasteiger partial charge in [-0.3, -0.25) is 4.79 Å². The number of urea groups is 1. The highest BCUT2D eigenvalue weighted by Crippen LogP contribution is 2.11. The molecular weight excluding hydrogens is 260 g/mol. The molecule has 2 atom stereocenters. The highest BCUT2D eigenvalue weighted by Gasteiger charge is 2.22. The Bertz CT molecular complexity index is 308. The summed E-state index contributed by atoms with van der Waals surface area (Å²) >= 11 is 0. The van der Waals surface area contributed by atoms with Crippen molar-refractivity contribution in [1.29, 1.82) is 0 Å². The Hall–Kier alpha value is -1.30. The van der Waals surface area contributed by atoms with Crippen LogP contribution in [0.25, 0.3) is 0 Å². The lowest BCUT2D eigenvalue weighted by Gasteiger charge is -2.28. The van der Waals surface area contributed by atoms with Crippen molar-refractivity contribution in [3.8, 4) is 0 Å². The van der Waals surface area contributed by atoms with Crippen molar-refractivity contribution in [2.75, 3.05) is 26.8 Å². The fourth-order valence-electron chi connectivity index (χ4n) is 2.14. The Balaban J connectivity index is 4.45. The van der Waals surface area contributed by atoms with Gasteiger partial charge in [0.1, 0.15) is 0 Å². The largest absolute Gasteiger partial charge is 0.481 e. The number of nitrogens with one attached hydrogen (secondary N) is 1. The van der Waals surface area contributed by atoms with Crippen molar-refractivity contribution >= 4 is 12.0 Å². The summed E-state index contributed by atoms with van der Waals surface area (Å²) in [5.41, 5.74) is 0. The van der Waals surface area contributed by atoms with Crippen molar-refractivity contribution in [3.05, 3.63) is 0 Å². The smallest absolute Gasteiger partial charge is 0.317 e. The van der Waals surface area contributed by atoms with Crippen LogP contribution in [0.3, 0.4) is 0 Å². The molecule has 0 heterocycles. The fraction of sp³-hybridized carbons (Fsp3) is 0.857. The van der Waals surface area contributed by atoms with Crippen LogP contribution < -0.4 is 5.32 Å². The lowest BCUT2D eigenvalue weighted by molar-refractivity contribution is -0.142. The van der Waals surface area contributed by atoms with Crippen LogP contribution in [0.2, 0.25) is 0 Å². The number of hydrogen-bond acceptors (Lipinski definition) is 3. The molecule has 0 rings (SSSR count). The van der Waals surface area contributed by atoms with E-state index in [1.165, 1.54) is 0 Å². The molecule has 2 N–H and O–H groups in total. The van der Waals surface area contributed by atoms with E-state index in [4.69, 9.17) is 9.84 Å². The zero-order valence-corrected chi connectivity index (χ0v) is 13.2. The number of rotatable bonds is 9. The number of carbonyl (C=O) groups is 2. The monoisotopic (exact) mass is 288 g/mol. The van der Waals surface area contributed by atoms with Crippen LogP contribution in [0.1, 0.15) is 34.1 Å². The van der Waals surface area contributed by atoms with Gasteiger partial charge in [0.2, 0.25) is 0 Å². The van der Waals surface area contributed by atoms with E-state index < -0.39 is 11.9 Å². The number of carbonyl (C=O) groups excluding carboxylic acids is 1. The second-order valence-corrected chi connectivity index (χ2v) is 5.44. The molecule has 2 unspecified atom stereocenters. The third-order valence-electron chi connectivity index (χ3n) is 3.15. The molecule has 0 aromatic carbocycles. The molecular formula is C14H28N2O4. The number of nitrogens with zero attached hydrogens (tertiary/aromatic N) is 1. The number of aliphatic carboxylic acids is 1. The van der Waals surface area contributed by atoms with Crippen LogP contribution in [0.5, 0.6) is 0 Å². The average molecular weight is 288 g/mol. The molecule has 0 bridgehead atoms. The van der Waals surface area contributed by atoms with E-state index in [-0.39, 0.29) is 24.5 Å². The topological polar surface area (TPSA) is 78.9 Å². The predicted molar refractivity (Wildman–Crippen MR) is 77.7 cm³/mol. The van der Waals surface area contributed by atoms with Crippen molar-refractivity contribution in [3.63, 3.8) is 0 Å². The Morgan fingerprint density at radius 3 is 2.30 bits per heavy atom. The van der Waals surface area contributed by atoms with Gasteiger partial charge in [0, 0.05) is 20.2 Å². The molecule has 0 aromatic heterocycles. The minimum Gasteiger partial charge on any atom is -0.481 e. The summed E-state index contributed by atoms with van der Waals surface area (Å²) in [5.74, 6) is -1.13. The Kier molecular flexibility index (Phi) is 8.96. The van der Waals surface area contributed by atoms with Crippen molar-refractivity contribution in [2.24, 2.45) is 11.8 Å². The molecule has 0 aromatic rings. The number of hydrogen-bond donors (Lipinski definition) is 2. The van der Waals surface area contributed by atoms with Crippen LogP contribution >= 0.6 is 0 Å². The van der Waals surface area contributed by atoms with Gasteiger partial charge >= 0.3 is 12.0 Å². The third kappa shape index (κ3) is 6.75. The molecule has 118 valence electrons. The lowest BCUT2D eigenvalue weighted by atomic mass is 9.97. The summed E-state index contributed by atoms with van der Waals surface area (Å²) in [7, 11) is 1.59. The number of methoxy groups -OCH3 is 1. The molecule has 6 heteroatoms. The van der Waals surface area contributed by atoms with Gasteiger partial charge in [-0.25, -0.2) is 4.79 Å². The van der Waals surface area contributed by atoms with Crippen molar-refractivity contribution in [1.82, 2.24) is 10.2 Å². The number of carboxylic acid groups (broad SMARTS) is 1. The van der Waals surface area contributed by atoms with E-state index in [2.05, 4.69) is 5.32 Å². The van der Waals surface area contributed by atoms with E-state index in [9.17, 15) is 9.59 Å². The zero-order valence-electron chi connectivity index (χ0n) is 13.2. The van der Waals surface area contributed by atoms with Gasteiger partial charge in [-0.1, -0.05) is 13.8 Å². The first-order chi connectivity index (χ1) is 9.33. The first-order valence-electron chi connectivity index (χ1n) is 7.09. The maximum atomic E-state index is 12.1. The highest BCUT2D eigenvalue weighted by atomic mass is 16.5. The normalized spacial score (nSPS) is 13.9. The molecule has 0 aliphatic carbocycles. The summed E-state index contributed by atoms with van der Waals surface area (Å²) in [6.45, 7) is 8.88. The van der Waals surface area contributed by atoms with Gasteiger partial charge in [0.25, 0.3) is 0 Å². The van der Waals surface area contributed by atoms with Gasteiger partial charge in [-0.05, 0) is 26.2 Å². The van der Waals surface area contributed by atoms with E-state index >= 15 is 0 Å². The minimum absolute atomic E-state index is 0.0432. The fourth-order valence-corrected chi connectivity index (χ4v) is 2.14. The van der Waals surface area contributed by atoms with Gasteiger partial charge in [-0.2, -0.15) is 0 Å². The van der Waals surface area contributed by atoms with Gasteiger partial charge in [-0.15, -0.1) is 0 Å². The summed E-state index contributed by atoms with van der Waals surface area (Å²) < 4.78 is 5.04. The maximum Gasteiger partial charge on any atom is 0.317 e. The van der Waals surface area contributed by atoms with Crippen molar-refractivity contribution < 1.29 is 19.4 Å². The average Bonchev–Trinajstić information content (AvgIpc) is 2.34. The number of carboxylic acids is 1. The number of ether oxygens (including phenoxy) is 1. The molecule has 2 amide bonds. The SMILES string of the molecule is CCN(C(=O)NCC(CC(C)C)C(=O)O)C(C)COC. The Labute approximate surface area is 121 Å². The molecule has 0 radical (unpaired) electrons. The van der Waals surface area contributed by atoms with Crippen LogP contribution in [0.4, 0.5) is 4.79 Å². The first-order valence-corrected chi connectivity index (χ1v) is 7.09. The maximum absolute atomic E-state index is 12.1. The standard InChI is InChI=1S/C14H28N2O4/c1-6-16(11(4)9-20-5)14(19)15-8-12(13(17)18)7-10(2)3/h10-12H,6-9H2,1-5H3,(H,15,19)(H,17,18). The number of likely N-dealkylation sites (N-methyl/N-ethyl adjacent to an activating group) is 1. The van der Waals surface area contributed by atoms with Crippen molar-refractivity contribution in [2.45, 2.75) is 40.2 Å². The molecule has 0 fully saturated rings. The highest BCUT2D eigenvalue weighted by molar-refractivity contribution is 5.76. The summed E-state index contributed by atoms with van der Waals surface area (Å²) in [5, 5.41) is 11.8. The van der Waals surface area contributed by atoms with Gasteiger partial charge < -0.3 is 20.1 Å². The Morgan fingerprint density at radius 2 is 1.90 bits per heavy atom. The zero-order chi connectivity index (χ0) is 15.7. The van der Waals surface area contributed by atoms with E-state index in [1.54, 1.807) is 12.0 Å². The van der Waals surface area contributed by atoms with E-state index in [1.807, 2.05) is 27.7 Å². The molecule has 0 saturated carbocycles. The van der Waals surface area contributed by atoms with E-state index in [0.29, 0.717) is 19.6 Å². The van der Waals surface area contributed by atoms with Crippen LogP contribution in [-0.4, -0.2) is 54.9 Å². The Morgan fingerprint density at radius 1 is 1.30 bits per heavy atom. The summed E-state index contributed by atoms with van der Waals surface area (Å²) in [6.07, 6.45) is 0.551. The second-order valence-electron chi connectivity index (χ2n) is 5.44. The quantitative estimate of drug-likeness (QED) is 0.678. The molecule has 20 heavy (non-hydrogen) atoms. The second kappa shape index (κ2) is 9.58. The molecule has 6 nitrogen and oxygen atoms in total. The molecule has 0 aliphatic heterocycles. The predicted octanol–water partition coefficient (Wildman–Crippen LogP) is 1.80. The molecule has 0 aliphatic rings. The van der Waals surface area contributed by atoms with Gasteiger partial charge in [0.05, 0.1) is 18.6 Å². The molecule has 0 spiro atoms. The lowest BCUT2D eigenvalue weighted by Crippen LogP contribution is -2.48. The van der Waals surface area contributed by atoms with Crippen LogP contribution in [0.15, 0.2) is 0 Å². The third-order valence-corrected chi connectivity index (χ3v) is 3.15. The van der Waals surface area contributed by atoms with E-state index in [0.717, 1.165) is 0 Å². The number of amides is 2. The van der Waals surface area contributed by atoms with Crippen LogP contribution in [0, 0.1) is 11.8 Å². The minimum atomic E-state index is -0.869. The molecule has 0 saturated heterocycles. The summed E-state index contributed by atoms with van der Waals surface area (Å²) in [6, 6.07) is -0.287.